The molecule has 3 nitrogen and oxygen atoms in total. The van der Waals surface area contributed by atoms with Crippen LogP contribution < -0.4 is 9.47 Å². The number of aliphatic hydroxyl groups is 1. The lowest BCUT2D eigenvalue weighted by molar-refractivity contribution is -0.0199. The zero-order valence-electron chi connectivity index (χ0n) is 13.4. The molecule has 1 atom stereocenters. The van der Waals surface area contributed by atoms with E-state index in [4.69, 9.17) is 9.47 Å². The van der Waals surface area contributed by atoms with Crippen LogP contribution in [0.5, 0.6) is 17.2 Å². The summed E-state index contributed by atoms with van der Waals surface area (Å²) >= 11 is 0. The lowest BCUT2D eigenvalue weighted by Crippen LogP contribution is -2.44. The molecule has 23 heavy (non-hydrogen) atoms. The summed E-state index contributed by atoms with van der Waals surface area (Å²) in [6.07, 6.45) is 1.63. The molecule has 4 heteroatoms. The van der Waals surface area contributed by atoms with Crippen LogP contribution in [0.3, 0.4) is 0 Å². The number of benzene rings is 2. The van der Waals surface area contributed by atoms with E-state index in [1.54, 1.807) is 43.5 Å². The van der Waals surface area contributed by atoms with E-state index >= 15 is 0 Å². The maximum Gasteiger partial charge on any atom is 0.137 e. The van der Waals surface area contributed by atoms with Gasteiger partial charge in [-0.25, -0.2) is 4.39 Å². The lowest BCUT2D eigenvalue weighted by atomic mass is 9.66. The minimum atomic E-state index is -1.60. The molecule has 1 heterocycles. The van der Waals surface area contributed by atoms with Crippen molar-refractivity contribution in [3.63, 3.8) is 0 Å². The Bertz CT molecular complexity index is 782. The van der Waals surface area contributed by atoms with Crippen LogP contribution >= 0.6 is 0 Å². The van der Waals surface area contributed by atoms with Gasteiger partial charge in [-0.15, -0.1) is 6.58 Å². The van der Waals surface area contributed by atoms with Gasteiger partial charge < -0.3 is 14.6 Å². The third-order valence-corrected chi connectivity index (χ3v) is 4.58. The highest BCUT2D eigenvalue weighted by molar-refractivity contribution is 5.59. The van der Waals surface area contributed by atoms with Crippen LogP contribution in [0.2, 0.25) is 0 Å². The van der Waals surface area contributed by atoms with E-state index < -0.39 is 16.8 Å². The normalized spacial score (nSPS) is 19.3. The summed E-state index contributed by atoms with van der Waals surface area (Å²) in [5.41, 5.74) is -1.81. The summed E-state index contributed by atoms with van der Waals surface area (Å²) in [6.45, 7) is 7.44. The van der Waals surface area contributed by atoms with Gasteiger partial charge >= 0.3 is 0 Å². The lowest BCUT2D eigenvalue weighted by Gasteiger charge is -2.45. The van der Waals surface area contributed by atoms with E-state index in [1.165, 1.54) is 6.07 Å². The minimum Gasteiger partial charge on any atom is -0.497 e. The molecule has 1 aliphatic heterocycles. The molecule has 120 valence electrons. The number of ether oxygens (including phenoxy) is 2. The monoisotopic (exact) mass is 314 g/mol. The summed E-state index contributed by atoms with van der Waals surface area (Å²) in [6, 6.07) is 9.63. The van der Waals surface area contributed by atoms with E-state index in [9.17, 15) is 9.50 Å². The molecule has 0 spiro atoms. The molecule has 1 N–H and O–H groups in total. The zero-order valence-corrected chi connectivity index (χ0v) is 13.4. The van der Waals surface area contributed by atoms with Crippen molar-refractivity contribution in [3.05, 3.63) is 66.0 Å². The van der Waals surface area contributed by atoms with Gasteiger partial charge in [-0.2, -0.15) is 0 Å². The maximum absolute atomic E-state index is 14.6. The van der Waals surface area contributed by atoms with Crippen molar-refractivity contribution in [1.82, 2.24) is 0 Å². The molecule has 2 aromatic carbocycles. The van der Waals surface area contributed by atoms with E-state index in [-0.39, 0.29) is 5.56 Å². The Morgan fingerprint density at radius 2 is 2.00 bits per heavy atom. The summed E-state index contributed by atoms with van der Waals surface area (Å²) in [5, 5.41) is 11.6. The average molecular weight is 314 g/mol. The molecule has 0 saturated carbocycles. The second kappa shape index (κ2) is 5.10. The van der Waals surface area contributed by atoms with E-state index in [1.807, 2.05) is 13.8 Å². The summed E-state index contributed by atoms with van der Waals surface area (Å²) in [5.74, 6) is 0.826. The minimum absolute atomic E-state index is 0.127. The Balaban J connectivity index is 2.37. The largest absolute Gasteiger partial charge is 0.497 e. The van der Waals surface area contributed by atoms with Crippen molar-refractivity contribution in [2.45, 2.75) is 19.4 Å². The highest BCUT2D eigenvalue weighted by Crippen LogP contribution is 2.56. The van der Waals surface area contributed by atoms with Gasteiger partial charge in [0.2, 0.25) is 0 Å². The molecule has 3 rings (SSSR count). The van der Waals surface area contributed by atoms with E-state index in [2.05, 4.69) is 6.58 Å². The summed E-state index contributed by atoms with van der Waals surface area (Å²) < 4.78 is 25.6. The molecule has 0 aromatic heterocycles. The smallest absolute Gasteiger partial charge is 0.137 e. The fourth-order valence-corrected chi connectivity index (χ4v) is 3.02. The van der Waals surface area contributed by atoms with Crippen LogP contribution in [-0.2, 0) is 5.60 Å². The van der Waals surface area contributed by atoms with Gasteiger partial charge in [0.15, 0.2) is 0 Å². The number of rotatable bonds is 3. The Morgan fingerprint density at radius 1 is 1.26 bits per heavy atom. The number of fused-ring (bicyclic) bond motifs is 2. The van der Waals surface area contributed by atoms with Gasteiger partial charge in [0, 0.05) is 17.0 Å². The molecule has 0 saturated heterocycles. The molecule has 1 unspecified atom stereocenters. The van der Waals surface area contributed by atoms with Crippen molar-refractivity contribution >= 4 is 0 Å². The first-order valence-electron chi connectivity index (χ1n) is 7.36. The second-order valence-corrected chi connectivity index (χ2v) is 6.21. The summed E-state index contributed by atoms with van der Waals surface area (Å²) in [7, 11) is 1.55. The van der Waals surface area contributed by atoms with Crippen LogP contribution in [0.15, 0.2) is 49.1 Å². The molecule has 0 amide bonds. The SMILES string of the molecule is C=CC(C)(C)C1(O)c2ccc(OC)cc2Oc2cccc(F)c21. The topological polar surface area (TPSA) is 38.7 Å². The first kappa shape index (κ1) is 15.6. The molecule has 1 aliphatic rings. The third kappa shape index (κ3) is 2.05. The number of hydrogen-bond donors (Lipinski definition) is 1. The van der Waals surface area contributed by atoms with Crippen LogP contribution in [0.1, 0.15) is 25.0 Å². The van der Waals surface area contributed by atoms with Crippen molar-refractivity contribution in [3.8, 4) is 17.2 Å². The fourth-order valence-electron chi connectivity index (χ4n) is 3.02. The van der Waals surface area contributed by atoms with Gasteiger partial charge in [0.25, 0.3) is 0 Å². The van der Waals surface area contributed by atoms with Crippen molar-refractivity contribution in [2.75, 3.05) is 7.11 Å². The number of halogens is 1. The Labute approximate surface area is 135 Å². The molecular formula is C19H19FO3. The molecule has 0 radical (unpaired) electrons. The van der Waals surface area contributed by atoms with Gasteiger partial charge in [-0.1, -0.05) is 26.0 Å². The van der Waals surface area contributed by atoms with Crippen molar-refractivity contribution < 1.29 is 19.0 Å². The number of methoxy groups -OCH3 is 1. The maximum atomic E-state index is 14.6. The van der Waals surface area contributed by atoms with E-state index in [0.29, 0.717) is 22.8 Å². The number of hydrogen-bond acceptors (Lipinski definition) is 3. The fraction of sp³-hybridized carbons (Fsp3) is 0.263. The highest BCUT2D eigenvalue weighted by atomic mass is 19.1. The average Bonchev–Trinajstić information content (AvgIpc) is 2.54. The van der Waals surface area contributed by atoms with E-state index in [0.717, 1.165) is 0 Å². The first-order chi connectivity index (χ1) is 10.8. The summed E-state index contributed by atoms with van der Waals surface area (Å²) in [4.78, 5) is 0. The zero-order chi connectivity index (χ0) is 16.8. The molecule has 0 bridgehead atoms. The molecule has 2 aromatic rings. The Kier molecular flexibility index (Phi) is 3.45. The first-order valence-corrected chi connectivity index (χ1v) is 7.36. The Hall–Kier alpha value is -2.33. The standard InChI is InChI=1S/C19H19FO3/c1-5-18(2,3)19(21)13-10-9-12(22-4)11-16(13)23-15-8-6-7-14(20)17(15)19/h5-11,21H,1H2,2-4H3. The van der Waals surface area contributed by atoms with Gasteiger partial charge in [0.1, 0.15) is 28.7 Å². The van der Waals surface area contributed by atoms with Gasteiger partial charge in [-0.05, 0) is 24.3 Å². The third-order valence-electron chi connectivity index (χ3n) is 4.58. The highest BCUT2D eigenvalue weighted by Gasteiger charge is 2.51. The molecular weight excluding hydrogens is 295 g/mol. The molecule has 0 fully saturated rings. The van der Waals surface area contributed by atoms with Gasteiger partial charge in [0.05, 0.1) is 12.7 Å². The quantitative estimate of drug-likeness (QED) is 0.854. The predicted molar refractivity (Wildman–Crippen MR) is 86.4 cm³/mol. The van der Waals surface area contributed by atoms with Crippen LogP contribution in [0, 0.1) is 11.2 Å². The van der Waals surface area contributed by atoms with Crippen LogP contribution in [-0.4, -0.2) is 12.2 Å². The van der Waals surface area contributed by atoms with Crippen LogP contribution in [0.25, 0.3) is 0 Å². The van der Waals surface area contributed by atoms with Crippen molar-refractivity contribution in [1.29, 1.82) is 0 Å². The van der Waals surface area contributed by atoms with Crippen LogP contribution in [0.4, 0.5) is 4.39 Å². The predicted octanol–water partition coefficient (Wildman–Crippen LogP) is 4.39. The Morgan fingerprint density at radius 3 is 2.65 bits per heavy atom. The van der Waals surface area contributed by atoms with Gasteiger partial charge in [-0.3, -0.25) is 0 Å². The molecule has 0 aliphatic carbocycles. The second-order valence-electron chi connectivity index (χ2n) is 6.21. The van der Waals surface area contributed by atoms with Crippen molar-refractivity contribution in [2.24, 2.45) is 5.41 Å².